The van der Waals surface area contributed by atoms with Crippen LogP contribution >= 0.6 is 11.3 Å². The van der Waals surface area contributed by atoms with Crippen LogP contribution in [0.3, 0.4) is 0 Å². The normalized spacial score (nSPS) is 20.6. The van der Waals surface area contributed by atoms with Crippen LogP contribution in [0.1, 0.15) is 35.6 Å². The summed E-state index contributed by atoms with van der Waals surface area (Å²) in [7, 11) is 0. The van der Waals surface area contributed by atoms with Gasteiger partial charge in [0.25, 0.3) is 5.56 Å². The van der Waals surface area contributed by atoms with Gasteiger partial charge in [-0.3, -0.25) is 24.0 Å². The molecule has 2 aliphatic heterocycles. The van der Waals surface area contributed by atoms with Gasteiger partial charge in [-0.15, -0.1) is 11.3 Å². The molecule has 3 aromatic heterocycles. The number of likely N-dealkylation sites (tertiary alicyclic amines) is 2. The van der Waals surface area contributed by atoms with Crippen LogP contribution in [-0.2, 0) is 17.9 Å². The summed E-state index contributed by atoms with van der Waals surface area (Å²) in [5.74, 6) is 0.163. The van der Waals surface area contributed by atoms with E-state index in [2.05, 4.69) is 27.0 Å². The fourth-order valence-corrected chi connectivity index (χ4v) is 7.49. The monoisotopic (exact) mass is 608 g/mol. The lowest BCUT2D eigenvalue weighted by Gasteiger charge is -2.43. The van der Waals surface area contributed by atoms with Crippen LogP contribution in [-0.4, -0.2) is 71.7 Å². The van der Waals surface area contributed by atoms with Gasteiger partial charge in [0.05, 0.1) is 23.0 Å². The number of aromatic nitrogens is 4. The Hall–Kier alpha value is -4.12. The van der Waals surface area contributed by atoms with E-state index in [4.69, 9.17) is 0 Å². The summed E-state index contributed by atoms with van der Waals surface area (Å²) in [6.45, 7) is 3.61. The zero-order valence-electron chi connectivity index (χ0n) is 24.5. The first-order valence-electron chi connectivity index (χ1n) is 15.3. The molecule has 5 heterocycles. The molecule has 2 fully saturated rings. The third kappa shape index (κ3) is 5.72. The summed E-state index contributed by atoms with van der Waals surface area (Å²) in [5, 5.41) is 12.1. The Balaban J connectivity index is 1.03. The Kier molecular flexibility index (Phi) is 7.88. The van der Waals surface area contributed by atoms with E-state index in [9.17, 15) is 14.7 Å². The minimum absolute atomic E-state index is 0.103. The van der Waals surface area contributed by atoms with Crippen molar-refractivity contribution in [2.75, 3.05) is 26.2 Å². The lowest BCUT2D eigenvalue weighted by Crippen LogP contribution is -2.53. The van der Waals surface area contributed by atoms with Crippen molar-refractivity contribution in [3.8, 4) is 5.69 Å². The third-order valence-corrected chi connectivity index (χ3v) is 10.0. The Morgan fingerprint density at radius 1 is 1.00 bits per heavy atom. The largest absolute Gasteiger partial charge is 0.388 e. The van der Waals surface area contributed by atoms with Gasteiger partial charge in [0.1, 0.15) is 6.33 Å². The van der Waals surface area contributed by atoms with E-state index in [1.54, 1.807) is 17.4 Å². The summed E-state index contributed by atoms with van der Waals surface area (Å²) in [6, 6.07) is 21.9. The highest BCUT2D eigenvalue weighted by Crippen LogP contribution is 2.36. The number of nitrogens with zero attached hydrogens (tertiary/aromatic N) is 6. The van der Waals surface area contributed by atoms with E-state index >= 15 is 0 Å². The zero-order chi connectivity index (χ0) is 30.1. The third-order valence-electron chi connectivity index (χ3n) is 9.28. The first-order chi connectivity index (χ1) is 21.5. The summed E-state index contributed by atoms with van der Waals surface area (Å²) in [6.07, 6.45) is 6.93. The van der Waals surface area contributed by atoms with E-state index in [1.165, 1.54) is 21.3 Å². The number of amides is 1. The standard InChI is InChI=1S/C34H36N6O3S/c41-32(28-11-15-37(20-27-19-35-24-44-27)21-30(28)25-7-3-1-4-8-25)38-17-13-34(43,14-18-38)22-39-23-36-31-29(33(39)42)12-16-40(31)26-9-5-2-6-10-26/h1-10,12,16,19,23-24,28,30,43H,11,13-15,17-18,20-22H2/t28-,30+/m1/s1. The number of rotatable bonds is 7. The highest BCUT2D eigenvalue weighted by atomic mass is 32.1. The lowest BCUT2D eigenvalue weighted by atomic mass is 9.79. The van der Waals surface area contributed by atoms with E-state index in [0.717, 1.165) is 31.7 Å². The van der Waals surface area contributed by atoms with Gasteiger partial charge in [0, 0.05) is 61.0 Å². The van der Waals surface area contributed by atoms with Crippen LogP contribution in [0.15, 0.2) is 95.8 Å². The summed E-state index contributed by atoms with van der Waals surface area (Å²) in [4.78, 5) is 41.8. The molecule has 0 unspecified atom stereocenters. The fourth-order valence-electron chi connectivity index (χ4n) is 6.85. The molecule has 2 atom stereocenters. The van der Waals surface area contributed by atoms with Crippen molar-refractivity contribution < 1.29 is 9.90 Å². The Morgan fingerprint density at radius 3 is 2.48 bits per heavy atom. The molecule has 0 spiro atoms. The van der Waals surface area contributed by atoms with Gasteiger partial charge >= 0.3 is 0 Å². The van der Waals surface area contributed by atoms with Gasteiger partial charge in [0.2, 0.25) is 5.91 Å². The van der Waals surface area contributed by atoms with Crippen LogP contribution in [0.4, 0.5) is 0 Å². The van der Waals surface area contributed by atoms with Crippen LogP contribution in [0.25, 0.3) is 16.7 Å². The first-order valence-corrected chi connectivity index (χ1v) is 16.1. The van der Waals surface area contributed by atoms with Crippen molar-refractivity contribution in [2.45, 2.75) is 43.9 Å². The molecule has 9 nitrogen and oxygen atoms in total. The molecule has 1 N–H and O–H groups in total. The lowest BCUT2D eigenvalue weighted by molar-refractivity contribution is -0.142. The topological polar surface area (TPSA) is 96.5 Å². The van der Waals surface area contributed by atoms with Crippen LogP contribution in [0.2, 0.25) is 0 Å². The second-order valence-corrected chi connectivity index (χ2v) is 13.1. The van der Waals surface area contributed by atoms with E-state index in [0.29, 0.717) is 37.0 Å². The molecule has 0 radical (unpaired) electrons. The van der Waals surface area contributed by atoms with Gasteiger partial charge in [-0.1, -0.05) is 48.5 Å². The second kappa shape index (κ2) is 12.1. The molecule has 0 aliphatic carbocycles. The molecule has 10 heteroatoms. The molecule has 1 amide bonds. The molecule has 44 heavy (non-hydrogen) atoms. The van der Waals surface area contributed by atoms with Gasteiger partial charge in [0.15, 0.2) is 5.65 Å². The van der Waals surface area contributed by atoms with Crippen LogP contribution in [0, 0.1) is 5.92 Å². The molecular weight excluding hydrogens is 572 g/mol. The molecule has 0 saturated carbocycles. The van der Waals surface area contributed by atoms with Gasteiger partial charge in [-0.25, -0.2) is 4.98 Å². The number of carbonyl (C=O) groups excluding carboxylic acids is 1. The molecule has 5 aromatic rings. The number of thiazole rings is 1. The first kappa shape index (κ1) is 28.6. The Labute approximate surface area is 260 Å². The Bertz CT molecular complexity index is 1780. The number of carbonyl (C=O) groups is 1. The number of hydrogen-bond donors (Lipinski definition) is 1. The predicted octanol–water partition coefficient (Wildman–Crippen LogP) is 4.30. The van der Waals surface area contributed by atoms with Crippen molar-refractivity contribution >= 4 is 28.3 Å². The summed E-state index contributed by atoms with van der Waals surface area (Å²) < 4.78 is 3.41. The molecule has 2 saturated heterocycles. The number of aliphatic hydroxyl groups is 1. The quantitative estimate of drug-likeness (QED) is 0.296. The number of benzene rings is 2. The number of hydrogen-bond acceptors (Lipinski definition) is 7. The molecule has 0 bridgehead atoms. The fraction of sp³-hybridized carbons (Fsp3) is 0.353. The molecule has 7 rings (SSSR count). The summed E-state index contributed by atoms with van der Waals surface area (Å²) in [5.41, 5.74) is 3.32. The second-order valence-electron chi connectivity index (χ2n) is 12.1. The highest BCUT2D eigenvalue weighted by molar-refractivity contribution is 7.09. The van der Waals surface area contributed by atoms with Gasteiger partial charge in [-0.05, 0) is 49.6 Å². The van der Waals surface area contributed by atoms with Gasteiger partial charge in [-0.2, -0.15) is 0 Å². The van der Waals surface area contributed by atoms with E-state index in [1.807, 2.05) is 75.9 Å². The highest BCUT2D eigenvalue weighted by Gasteiger charge is 2.41. The van der Waals surface area contributed by atoms with Gasteiger partial charge < -0.3 is 14.6 Å². The minimum Gasteiger partial charge on any atom is -0.388 e. The maximum Gasteiger partial charge on any atom is 0.262 e. The number of para-hydroxylation sites is 1. The molecule has 2 aromatic carbocycles. The van der Waals surface area contributed by atoms with Crippen molar-refractivity contribution in [2.24, 2.45) is 5.92 Å². The van der Waals surface area contributed by atoms with Crippen molar-refractivity contribution in [1.82, 2.24) is 28.9 Å². The van der Waals surface area contributed by atoms with Crippen LogP contribution < -0.4 is 5.56 Å². The smallest absolute Gasteiger partial charge is 0.262 e. The van der Waals surface area contributed by atoms with E-state index < -0.39 is 5.60 Å². The van der Waals surface area contributed by atoms with Crippen molar-refractivity contribution in [3.63, 3.8) is 0 Å². The predicted molar refractivity (Wildman–Crippen MR) is 171 cm³/mol. The minimum atomic E-state index is -1.09. The Morgan fingerprint density at radius 2 is 1.75 bits per heavy atom. The number of piperidine rings is 2. The summed E-state index contributed by atoms with van der Waals surface area (Å²) >= 11 is 1.67. The molecule has 2 aliphatic rings. The van der Waals surface area contributed by atoms with Crippen molar-refractivity contribution in [3.05, 3.63) is 112 Å². The zero-order valence-corrected chi connectivity index (χ0v) is 25.4. The number of fused-ring (bicyclic) bond motifs is 1. The van der Waals surface area contributed by atoms with Crippen LogP contribution in [0.5, 0.6) is 0 Å². The average Bonchev–Trinajstić information content (AvgIpc) is 3.74. The average molecular weight is 609 g/mol. The maximum atomic E-state index is 14.0. The molecule has 226 valence electrons. The maximum absolute atomic E-state index is 14.0. The SMILES string of the molecule is O=C([C@@H]1CCN(Cc2cncs2)C[C@H]1c1ccccc1)N1CCC(O)(Cn2cnc3c(ccn3-c3ccccc3)c2=O)CC1. The van der Waals surface area contributed by atoms with Crippen molar-refractivity contribution in [1.29, 1.82) is 0 Å². The molecular formula is C34H36N6O3S. The van der Waals surface area contributed by atoms with E-state index in [-0.39, 0.29) is 29.8 Å².